The second-order valence-corrected chi connectivity index (χ2v) is 5.40. The molecule has 1 aromatic carbocycles. The number of carboxylic acid groups (broad SMARTS) is 1. The summed E-state index contributed by atoms with van der Waals surface area (Å²) >= 11 is 0. The Kier molecular flexibility index (Phi) is 2.78. The van der Waals surface area contributed by atoms with Gasteiger partial charge in [-0.05, 0) is 30.7 Å². The molecule has 2 aliphatic heterocycles. The largest absolute Gasteiger partial charge is 0.478 e. The first-order valence-corrected chi connectivity index (χ1v) is 6.40. The molecule has 0 aliphatic carbocycles. The average molecular weight is 260 g/mol. The molecule has 19 heavy (non-hydrogen) atoms. The summed E-state index contributed by atoms with van der Waals surface area (Å²) in [6.07, 6.45) is 0. The highest BCUT2D eigenvalue weighted by Gasteiger charge is 2.36. The quantitative estimate of drug-likeness (QED) is 0.782. The lowest BCUT2D eigenvalue weighted by Crippen LogP contribution is -2.29. The second-order valence-electron chi connectivity index (χ2n) is 5.40. The Morgan fingerprint density at radius 3 is 2.95 bits per heavy atom. The maximum Gasteiger partial charge on any atom is 0.335 e. The summed E-state index contributed by atoms with van der Waals surface area (Å²) in [4.78, 5) is 25.3. The summed E-state index contributed by atoms with van der Waals surface area (Å²) in [6, 6.07) is 4.89. The van der Waals surface area contributed by atoms with Gasteiger partial charge in [0.25, 0.3) is 5.91 Å². The molecule has 0 radical (unpaired) electrons. The Morgan fingerprint density at radius 1 is 1.42 bits per heavy atom. The number of likely N-dealkylation sites (N-methyl/N-ethyl adjacent to an activating group) is 1. The molecule has 100 valence electrons. The van der Waals surface area contributed by atoms with Crippen LogP contribution in [-0.4, -0.2) is 48.6 Å². The maximum absolute atomic E-state index is 12.1. The summed E-state index contributed by atoms with van der Waals surface area (Å²) in [5.74, 6) is -0.442. The van der Waals surface area contributed by atoms with Gasteiger partial charge in [0.15, 0.2) is 0 Å². The number of carboxylic acids is 1. The van der Waals surface area contributed by atoms with Crippen molar-refractivity contribution < 1.29 is 14.7 Å². The number of nitrogens with one attached hydrogen (secondary N) is 1. The van der Waals surface area contributed by atoms with E-state index in [0.717, 1.165) is 18.7 Å². The van der Waals surface area contributed by atoms with E-state index in [9.17, 15) is 9.59 Å². The summed E-state index contributed by atoms with van der Waals surface area (Å²) in [5, 5.41) is 11.9. The number of amides is 1. The van der Waals surface area contributed by atoms with Gasteiger partial charge < -0.3 is 15.3 Å². The topological polar surface area (TPSA) is 69.6 Å². The van der Waals surface area contributed by atoms with Crippen molar-refractivity contribution in [3.8, 4) is 0 Å². The first-order chi connectivity index (χ1) is 9.06. The fourth-order valence-corrected chi connectivity index (χ4v) is 3.17. The highest BCUT2D eigenvalue weighted by Crippen LogP contribution is 2.35. The Balaban J connectivity index is 2.08. The van der Waals surface area contributed by atoms with Gasteiger partial charge in [0.2, 0.25) is 0 Å². The number of likely N-dealkylation sites (tertiary alicyclic amines) is 1. The van der Waals surface area contributed by atoms with Crippen molar-refractivity contribution in [2.75, 3.05) is 26.7 Å². The Hall–Kier alpha value is -1.88. The Labute approximate surface area is 111 Å². The third kappa shape index (κ3) is 2.00. The zero-order chi connectivity index (χ0) is 13.6. The molecule has 5 nitrogen and oxygen atoms in total. The van der Waals surface area contributed by atoms with E-state index in [0.29, 0.717) is 23.9 Å². The van der Waals surface area contributed by atoms with Crippen LogP contribution >= 0.6 is 0 Å². The number of rotatable bonds is 1. The average Bonchev–Trinajstić information content (AvgIpc) is 2.70. The van der Waals surface area contributed by atoms with Gasteiger partial charge in [-0.15, -0.1) is 0 Å². The molecule has 3 rings (SSSR count). The van der Waals surface area contributed by atoms with Crippen LogP contribution in [0.25, 0.3) is 0 Å². The highest BCUT2D eigenvalue weighted by molar-refractivity contribution is 5.99. The zero-order valence-electron chi connectivity index (χ0n) is 10.7. The van der Waals surface area contributed by atoms with Gasteiger partial charge in [0.05, 0.1) is 5.56 Å². The summed E-state index contributed by atoms with van der Waals surface area (Å²) in [6.45, 7) is 2.54. The lowest BCUT2D eigenvalue weighted by atomic mass is 9.86. The van der Waals surface area contributed by atoms with Crippen molar-refractivity contribution >= 4 is 11.9 Å². The van der Waals surface area contributed by atoms with Crippen LogP contribution in [0.2, 0.25) is 0 Å². The summed E-state index contributed by atoms with van der Waals surface area (Å²) in [5.41, 5.74) is 1.66. The molecule has 0 saturated carbocycles. The molecular weight excluding hydrogens is 244 g/mol. The van der Waals surface area contributed by atoms with Crippen LogP contribution in [0.15, 0.2) is 18.2 Å². The first kappa shape index (κ1) is 12.2. The summed E-state index contributed by atoms with van der Waals surface area (Å²) in [7, 11) is 2.07. The van der Waals surface area contributed by atoms with Crippen molar-refractivity contribution in [2.45, 2.75) is 5.92 Å². The predicted octanol–water partition coefficient (Wildman–Crippen LogP) is 0.773. The lowest BCUT2D eigenvalue weighted by Gasteiger charge is -2.16. The van der Waals surface area contributed by atoms with Crippen molar-refractivity contribution in [3.05, 3.63) is 34.9 Å². The lowest BCUT2D eigenvalue weighted by molar-refractivity contribution is 0.0697. The Bertz CT molecular complexity index is 556. The van der Waals surface area contributed by atoms with E-state index in [1.807, 2.05) is 0 Å². The van der Waals surface area contributed by atoms with Crippen LogP contribution in [-0.2, 0) is 0 Å². The van der Waals surface area contributed by atoms with E-state index < -0.39 is 5.97 Å². The molecular formula is C14H16N2O3. The predicted molar refractivity (Wildman–Crippen MR) is 69.5 cm³/mol. The highest BCUT2D eigenvalue weighted by atomic mass is 16.4. The smallest absolute Gasteiger partial charge is 0.335 e. The van der Waals surface area contributed by atoms with E-state index >= 15 is 0 Å². The van der Waals surface area contributed by atoms with Crippen LogP contribution in [0.1, 0.15) is 32.2 Å². The van der Waals surface area contributed by atoms with Crippen LogP contribution in [0.3, 0.4) is 0 Å². The van der Waals surface area contributed by atoms with Crippen molar-refractivity contribution in [2.24, 2.45) is 5.92 Å². The van der Waals surface area contributed by atoms with Crippen molar-refractivity contribution in [1.29, 1.82) is 0 Å². The molecule has 0 bridgehead atoms. The molecule has 1 amide bonds. The monoisotopic (exact) mass is 260 g/mol. The molecule has 0 spiro atoms. The van der Waals surface area contributed by atoms with E-state index in [2.05, 4.69) is 17.3 Å². The third-order valence-electron chi connectivity index (χ3n) is 4.09. The van der Waals surface area contributed by atoms with Gasteiger partial charge in [-0.3, -0.25) is 4.79 Å². The van der Waals surface area contributed by atoms with Crippen molar-refractivity contribution in [1.82, 2.24) is 10.2 Å². The number of benzene rings is 1. The number of fused-ring (bicyclic) bond motifs is 3. The molecule has 0 aromatic heterocycles. The molecule has 2 heterocycles. The number of carbonyl (C=O) groups excluding carboxylic acids is 1. The molecule has 1 fully saturated rings. The van der Waals surface area contributed by atoms with Crippen LogP contribution < -0.4 is 5.32 Å². The van der Waals surface area contributed by atoms with E-state index in [4.69, 9.17) is 5.11 Å². The molecule has 2 atom stereocenters. The van der Waals surface area contributed by atoms with Gasteiger partial charge in [0.1, 0.15) is 0 Å². The molecule has 2 aliphatic rings. The number of aromatic carboxylic acids is 1. The fourth-order valence-electron chi connectivity index (χ4n) is 3.17. The van der Waals surface area contributed by atoms with Gasteiger partial charge in [-0.1, -0.05) is 6.07 Å². The van der Waals surface area contributed by atoms with Crippen molar-refractivity contribution in [3.63, 3.8) is 0 Å². The van der Waals surface area contributed by atoms with Gasteiger partial charge in [0, 0.05) is 31.1 Å². The van der Waals surface area contributed by atoms with Crippen LogP contribution in [0.5, 0.6) is 0 Å². The SMILES string of the molecule is CN1C[C@H]2CNC(=O)c3cc(C(=O)O)ccc3[C@@H]2C1. The first-order valence-electron chi connectivity index (χ1n) is 6.40. The molecule has 2 N–H and O–H groups in total. The number of nitrogens with zero attached hydrogens (tertiary/aromatic N) is 1. The van der Waals surface area contributed by atoms with Crippen LogP contribution in [0, 0.1) is 5.92 Å². The zero-order valence-corrected chi connectivity index (χ0v) is 10.7. The van der Waals surface area contributed by atoms with E-state index in [1.54, 1.807) is 12.1 Å². The number of hydrogen-bond donors (Lipinski definition) is 2. The van der Waals surface area contributed by atoms with Gasteiger partial charge >= 0.3 is 5.97 Å². The minimum Gasteiger partial charge on any atom is -0.478 e. The molecule has 1 saturated heterocycles. The minimum absolute atomic E-state index is 0.157. The molecule has 5 heteroatoms. The second kappa shape index (κ2) is 4.35. The normalized spacial score (nSPS) is 26.3. The standard InChI is InChI=1S/C14H16N2O3/c1-16-6-9-5-15-13(17)11-4-8(14(18)19)2-3-10(11)12(9)7-16/h2-4,9,12H,5-7H2,1H3,(H,15,17)(H,18,19)/t9-,12-/m1/s1. The molecule has 0 unspecified atom stereocenters. The maximum atomic E-state index is 12.1. The third-order valence-corrected chi connectivity index (χ3v) is 4.09. The van der Waals surface area contributed by atoms with E-state index in [-0.39, 0.29) is 11.5 Å². The van der Waals surface area contributed by atoms with E-state index in [1.165, 1.54) is 6.07 Å². The summed E-state index contributed by atoms with van der Waals surface area (Å²) < 4.78 is 0. The van der Waals surface area contributed by atoms with Crippen LogP contribution in [0.4, 0.5) is 0 Å². The number of carbonyl (C=O) groups is 2. The minimum atomic E-state index is -1.00. The number of hydrogen-bond acceptors (Lipinski definition) is 3. The Morgan fingerprint density at radius 2 is 2.21 bits per heavy atom. The van der Waals surface area contributed by atoms with Gasteiger partial charge in [-0.25, -0.2) is 4.79 Å². The fraction of sp³-hybridized carbons (Fsp3) is 0.429. The van der Waals surface area contributed by atoms with Gasteiger partial charge in [-0.2, -0.15) is 0 Å². The molecule has 1 aromatic rings.